The van der Waals surface area contributed by atoms with E-state index in [2.05, 4.69) is 15.9 Å². The number of phenolic OH excluding ortho intramolecular Hbond substituents is 1. The maximum absolute atomic E-state index is 11.1. The second-order valence-corrected chi connectivity index (χ2v) is 4.81. The number of rotatable bonds is 4. The normalized spacial score (nSPS) is 12.6. The van der Waals surface area contributed by atoms with E-state index in [-0.39, 0.29) is 11.9 Å². The van der Waals surface area contributed by atoms with Crippen LogP contribution in [0.2, 0.25) is 0 Å². The molecule has 1 aromatic carbocycles. The van der Waals surface area contributed by atoms with Gasteiger partial charge in [-0.2, -0.15) is 0 Å². The van der Waals surface area contributed by atoms with Crippen LogP contribution < -0.4 is 10.4 Å². The molecule has 1 unspecified atom stereocenters. The van der Waals surface area contributed by atoms with E-state index in [4.69, 9.17) is 9.15 Å². The van der Waals surface area contributed by atoms with Crippen LogP contribution in [0.4, 0.5) is 0 Å². The molecular weight excluding hydrogens is 300 g/mol. The van der Waals surface area contributed by atoms with Gasteiger partial charge in [0, 0.05) is 22.8 Å². The lowest BCUT2D eigenvalue weighted by molar-refractivity contribution is 0.210. The Morgan fingerprint density at radius 2 is 2.22 bits per heavy atom. The average Bonchev–Trinajstić information content (AvgIpc) is 2.31. The highest BCUT2D eigenvalue weighted by Gasteiger charge is 2.10. The van der Waals surface area contributed by atoms with Gasteiger partial charge in [-0.3, -0.25) is 0 Å². The summed E-state index contributed by atoms with van der Waals surface area (Å²) < 4.78 is 10.6. The van der Waals surface area contributed by atoms with E-state index < -0.39 is 5.63 Å². The summed E-state index contributed by atoms with van der Waals surface area (Å²) in [7, 11) is 0. The summed E-state index contributed by atoms with van der Waals surface area (Å²) in [4.78, 5) is 11.1. The molecule has 4 nitrogen and oxygen atoms in total. The topological polar surface area (TPSA) is 59.7 Å². The van der Waals surface area contributed by atoms with Crippen molar-refractivity contribution in [2.75, 3.05) is 5.33 Å². The van der Waals surface area contributed by atoms with Crippen molar-refractivity contribution in [2.45, 2.75) is 19.4 Å². The van der Waals surface area contributed by atoms with Crippen LogP contribution in [-0.4, -0.2) is 16.5 Å². The van der Waals surface area contributed by atoms with Crippen LogP contribution in [0.25, 0.3) is 11.0 Å². The molecule has 1 N–H and O–H groups in total. The number of hydrogen-bond acceptors (Lipinski definition) is 4. The molecule has 5 heteroatoms. The Balaban J connectivity index is 2.38. The van der Waals surface area contributed by atoms with E-state index in [9.17, 15) is 9.90 Å². The maximum Gasteiger partial charge on any atom is 0.336 e. The monoisotopic (exact) mass is 312 g/mol. The Morgan fingerprint density at radius 3 is 2.94 bits per heavy atom. The van der Waals surface area contributed by atoms with Crippen molar-refractivity contribution >= 4 is 26.9 Å². The van der Waals surface area contributed by atoms with Gasteiger partial charge in [-0.1, -0.05) is 15.9 Å². The number of fused-ring (bicyclic) bond motifs is 1. The predicted octanol–water partition coefficient (Wildman–Crippen LogP) is 3.05. The van der Waals surface area contributed by atoms with Crippen molar-refractivity contribution in [3.63, 3.8) is 0 Å². The minimum absolute atomic E-state index is 0.0387. The van der Waals surface area contributed by atoms with Crippen molar-refractivity contribution < 1.29 is 14.3 Å². The van der Waals surface area contributed by atoms with Gasteiger partial charge in [0.1, 0.15) is 5.58 Å². The fraction of sp³-hybridized carbons (Fsp3) is 0.308. The quantitative estimate of drug-likeness (QED) is 0.696. The third kappa shape index (κ3) is 2.85. The predicted molar refractivity (Wildman–Crippen MR) is 72.6 cm³/mol. The molecule has 18 heavy (non-hydrogen) atoms. The van der Waals surface area contributed by atoms with E-state index in [1.807, 2.05) is 6.92 Å². The third-order valence-electron chi connectivity index (χ3n) is 2.54. The Bertz CT molecular complexity index is 605. The summed E-state index contributed by atoms with van der Waals surface area (Å²) in [5.41, 5.74) is -0.0195. The number of ether oxygens (including phenoxy) is 1. The number of benzene rings is 1. The van der Waals surface area contributed by atoms with Crippen LogP contribution in [0, 0.1) is 0 Å². The summed E-state index contributed by atoms with van der Waals surface area (Å²) in [5.74, 6) is 0.364. The van der Waals surface area contributed by atoms with Gasteiger partial charge in [0.05, 0.1) is 6.10 Å². The fourth-order valence-electron chi connectivity index (χ4n) is 1.61. The van der Waals surface area contributed by atoms with E-state index >= 15 is 0 Å². The lowest BCUT2D eigenvalue weighted by Crippen LogP contribution is -2.12. The Labute approximate surface area is 112 Å². The van der Waals surface area contributed by atoms with Gasteiger partial charge in [-0.05, 0) is 25.5 Å². The molecular formula is C13H13BrO4. The summed E-state index contributed by atoms with van der Waals surface area (Å²) >= 11 is 3.33. The van der Waals surface area contributed by atoms with Gasteiger partial charge in [-0.15, -0.1) is 0 Å². The number of hydrogen-bond donors (Lipinski definition) is 1. The zero-order chi connectivity index (χ0) is 13.1. The molecule has 96 valence electrons. The highest BCUT2D eigenvalue weighted by atomic mass is 79.9. The van der Waals surface area contributed by atoms with E-state index in [0.29, 0.717) is 16.7 Å². The molecule has 0 radical (unpaired) electrons. The lowest BCUT2D eigenvalue weighted by Gasteiger charge is -2.14. The van der Waals surface area contributed by atoms with Gasteiger partial charge in [0.15, 0.2) is 11.5 Å². The lowest BCUT2D eigenvalue weighted by atomic mass is 10.2. The first-order valence-corrected chi connectivity index (χ1v) is 6.72. The standard InChI is InChI=1S/C13H13BrO4/c1-8(4-5-14)17-12-7-11-9(6-10(12)15)2-3-13(16)18-11/h2-3,6-8,15H,4-5H2,1H3. The summed E-state index contributed by atoms with van der Waals surface area (Å²) in [5, 5.41) is 11.3. The van der Waals surface area contributed by atoms with E-state index in [1.54, 1.807) is 6.07 Å². The van der Waals surface area contributed by atoms with Gasteiger partial charge in [0.25, 0.3) is 0 Å². The van der Waals surface area contributed by atoms with Gasteiger partial charge in [-0.25, -0.2) is 4.79 Å². The molecule has 1 aromatic heterocycles. The van der Waals surface area contributed by atoms with Gasteiger partial charge >= 0.3 is 5.63 Å². The molecule has 2 aromatic rings. The van der Waals surface area contributed by atoms with Gasteiger partial charge in [0.2, 0.25) is 0 Å². The molecule has 0 aliphatic carbocycles. The summed E-state index contributed by atoms with van der Waals surface area (Å²) in [6.07, 6.45) is 0.777. The molecule has 0 bridgehead atoms. The Morgan fingerprint density at radius 1 is 1.44 bits per heavy atom. The molecule has 0 amide bonds. The molecule has 0 spiro atoms. The van der Waals surface area contributed by atoms with Crippen molar-refractivity contribution in [1.29, 1.82) is 0 Å². The Hall–Kier alpha value is -1.49. The largest absolute Gasteiger partial charge is 0.504 e. The van der Waals surface area contributed by atoms with Crippen LogP contribution in [0.1, 0.15) is 13.3 Å². The minimum Gasteiger partial charge on any atom is -0.504 e. The van der Waals surface area contributed by atoms with Crippen LogP contribution in [0.15, 0.2) is 33.5 Å². The zero-order valence-electron chi connectivity index (χ0n) is 9.85. The highest BCUT2D eigenvalue weighted by molar-refractivity contribution is 9.09. The minimum atomic E-state index is -0.423. The number of phenols is 1. The van der Waals surface area contributed by atoms with Crippen LogP contribution in [0.5, 0.6) is 11.5 Å². The molecule has 0 aliphatic heterocycles. The second kappa shape index (κ2) is 5.44. The summed E-state index contributed by atoms with van der Waals surface area (Å²) in [6, 6.07) is 5.98. The second-order valence-electron chi connectivity index (χ2n) is 4.02. The molecule has 0 saturated carbocycles. The third-order valence-corrected chi connectivity index (χ3v) is 3.00. The van der Waals surface area contributed by atoms with E-state index in [1.165, 1.54) is 18.2 Å². The number of halogens is 1. The van der Waals surface area contributed by atoms with Crippen molar-refractivity contribution in [2.24, 2.45) is 0 Å². The van der Waals surface area contributed by atoms with E-state index in [0.717, 1.165) is 11.8 Å². The smallest absolute Gasteiger partial charge is 0.336 e. The Kier molecular flexibility index (Phi) is 3.91. The zero-order valence-corrected chi connectivity index (χ0v) is 11.4. The van der Waals surface area contributed by atoms with Gasteiger partial charge < -0.3 is 14.3 Å². The number of alkyl halides is 1. The molecule has 0 aliphatic rings. The fourth-order valence-corrected chi connectivity index (χ4v) is 2.25. The first kappa shape index (κ1) is 13.0. The maximum atomic E-state index is 11.1. The first-order valence-electron chi connectivity index (χ1n) is 5.59. The van der Waals surface area contributed by atoms with Crippen LogP contribution in [-0.2, 0) is 0 Å². The number of aromatic hydroxyl groups is 1. The molecule has 2 rings (SSSR count). The molecule has 1 heterocycles. The summed E-state index contributed by atoms with van der Waals surface area (Å²) in [6.45, 7) is 1.91. The molecule has 0 fully saturated rings. The SMILES string of the molecule is CC(CCBr)Oc1cc2oc(=O)ccc2cc1O. The first-order chi connectivity index (χ1) is 8.60. The average molecular weight is 313 g/mol. The molecule has 1 atom stereocenters. The van der Waals surface area contributed by atoms with Crippen molar-refractivity contribution in [3.8, 4) is 11.5 Å². The van der Waals surface area contributed by atoms with Crippen molar-refractivity contribution in [3.05, 3.63) is 34.7 Å². The highest BCUT2D eigenvalue weighted by Crippen LogP contribution is 2.31. The molecule has 0 saturated heterocycles. The van der Waals surface area contributed by atoms with Crippen molar-refractivity contribution in [1.82, 2.24) is 0 Å². The van der Waals surface area contributed by atoms with Crippen LogP contribution >= 0.6 is 15.9 Å². The van der Waals surface area contributed by atoms with Crippen LogP contribution in [0.3, 0.4) is 0 Å².